The molecule has 0 bridgehead atoms. The van der Waals surface area contributed by atoms with E-state index >= 15 is 0 Å². The van der Waals surface area contributed by atoms with E-state index in [1.165, 1.54) is 11.1 Å². The summed E-state index contributed by atoms with van der Waals surface area (Å²) < 4.78 is 0. The fraction of sp³-hybridized carbons (Fsp3) is 0.650. The summed E-state index contributed by atoms with van der Waals surface area (Å²) in [6.45, 7) is 5.56. The second-order valence-corrected chi connectivity index (χ2v) is 7.15. The molecule has 132 valence electrons. The Labute approximate surface area is 145 Å². The van der Waals surface area contributed by atoms with Gasteiger partial charge in [-0.1, -0.05) is 31.2 Å². The van der Waals surface area contributed by atoms with E-state index in [1.807, 2.05) is 4.90 Å². The maximum Gasteiger partial charge on any atom is 0.222 e. The number of piperazine rings is 1. The van der Waals surface area contributed by atoms with Gasteiger partial charge in [0.2, 0.25) is 5.91 Å². The Bertz CT molecular complexity index is 535. The number of rotatable bonds is 5. The van der Waals surface area contributed by atoms with Crippen molar-refractivity contribution in [2.75, 3.05) is 26.2 Å². The van der Waals surface area contributed by atoms with Gasteiger partial charge in [-0.15, -0.1) is 0 Å². The van der Waals surface area contributed by atoms with E-state index in [4.69, 9.17) is 0 Å². The SMILES string of the molecule is CCc1ccc(CCC(=O)N2CCN([C@H]3CCC[C@H]3O)CC2)cc1. The summed E-state index contributed by atoms with van der Waals surface area (Å²) in [6, 6.07) is 8.92. The average Bonchev–Trinajstić information content (AvgIpc) is 3.06. The Balaban J connectivity index is 1.43. The normalized spacial score (nSPS) is 25.2. The van der Waals surface area contributed by atoms with Gasteiger partial charge in [-0.25, -0.2) is 0 Å². The first-order chi connectivity index (χ1) is 11.7. The van der Waals surface area contributed by atoms with E-state index in [2.05, 4.69) is 36.1 Å². The molecule has 3 rings (SSSR count). The molecule has 1 amide bonds. The van der Waals surface area contributed by atoms with Crippen molar-refractivity contribution in [3.05, 3.63) is 35.4 Å². The number of aliphatic hydroxyl groups is 1. The molecule has 1 aromatic carbocycles. The van der Waals surface area contributed by atoms with Crippen LogP contribution in [0.25, 0.3) is 0 Å². The smallest absolute Gasteiger partial charge is 0.222 e. The number of aryl methyl sites for hydroxylation is 2. The van der Waals surface area contributed by atoms with Crippen LogP contribution in [0.4, 0.5) is 0 Å². The van der Waals surface area contributed by atoms with Crippen molar-refractivity contribution in [1.82, 2.24) is 9.80 Å². The van der Waals surface area contributed by atoms with Crippen LogP contribution in [0.5, 0.6) is 0 Å². The Morgan fingerprint density at radius 1 is 1.08 bits per heavy atom. The fourth-order valence-corrected chi connectivity index (χ4v) is 4.00. The summed E-state index contributed by atoms with van der Waals surface area (Å²) in [5.74, 6) is 0.265. The molecule has 1 aromatic rings. The predicted molar refractivity (Wildman–Crippen MR) is 95.9 cm³/mol. The molecule has 1 aliphatic carbocycles. The third kappa shape index (κ3) is 4.17. The molecule has 0 radical (unpaired) electrons. The molecule has 2 aliphatic rings. The molecular weight excluding hydrogens is 300 g/mol. The highest BCUT2D eigenvalue weighted by molar-refractivity contribution is 5.76. The zero-order chi connectivity index (χ0) is 16.9. The molecule has 4 heteroatoms. The number of nitrogens with zero attached hydrogens (tertiary/aromatic N) is 2. The van der Waals surface area contributed by atoms with Gasteiger partial charge < -0.3 is 10.0 Å². The van der Waals surface area contributed by atoms with Crippen molar-refractivity contribution >= 4 is 5.91 Å². The van der Waals surface area contributed by atoms with E-state index < -0.39 is 0 Å². The molecule has 1 saturated carbocycles. The maximum atomic E-state index is 12.4. The largest absolute Gasteiger partial charge is 0.391 e. The quantitative estimate of drug-likeness (QED) is 0.900. The first-order valence-corrected chi connectivity index (χ1v) is 9.45. The van der Waals surface area contributed by atoms with E-state index in [0.717, 1.165) is 58.3 Å². The van der Waals surface area contributed by atoms with Crippen molar-refractivity contribution < 1.29 is 9.90 Å². The Morgan fingerprint density at radius 3 is 2.33 bits per heavy atom. The third-order valence-corrected chi connectivity index (χ3v) is 5.64. The number of aliphatic hydroxyl groups excluding tert-OH is 1. The van der Waals surface area contributed by atoms with Gasteiger partial charge in [0.1, 0.15) is 0 Å². The minimum absolute atomic E-state index is 0.168. The molecule has 1 N–H and O–H groups in total. The van der Waals surface area contributed by atoms with Crippen LogP contribution in [0, 0.1) is 0 Å². The monoisotopic (exact) mass is 330 g/mol. The number of carbonyl (C=O) groups is 1. The first kappa shape index (κ1) is 17.4. The second-order valence-electron chi connectivity index (χ2n) is 7.15. The van der Waals surface area contributed by atoms with Gasteiger partial charge in [-0.05, 0) is 43.2 Å². The fourth-order valence-electron chi connectivity index (χ4n) is 4.00. The third-order valence-electron chi connectivity index (χ3n) is 5.64. The van der Waals surface area contributed by atoms with Gasteiger partial charge in [-0.2, -0.15) is 0 Å². The second kappa shape index (κ2) is 8.13. The summed E-state index contributed by atoms with van der Waals surface area (Å²) in [5, 5.41) is 10.0. The van der Waals surface area contributed by atoms with Crippen LogP contribution in [0.1, 0.15) is 43.7 Å². The van der Waals surface area contributed by atoms with E-state index in [9.17, 15) is 9.90 Å². The lowest BCUT2D eigenvalue weighted by Gasteiger charge is -2.39. The summed E-state index contributed by atoms with van der Waals surface area (Å²) in [6.07, 6.45) is 5.46. The summed E-state index contributed by atoms with van der Waals surface area (Å²) in [7, 11) is 0. The molecule has 1 aliphatic heterocycles. The van der Waals surface area contributed by atoms with Crippen LogP contribution in [0.2, 0.25) is 0 Å². The van der Waals surface area contributed by atoms with Crippen molar-refractivity contribution in [3.8, 4) is 0 Å². The van der Waals surface area contributed by atoms with Crippen LogP contribution in [-0.2, 0) is 17.6 Å². The number of amides is 1. The van der Waals surface area contributed by atoms with Crippen LogP contribution < -0.4 is 0 Å². The van der Waals surface area contributed by atoms with Crippen molar-refractivity contribution in [2.45, 2.75) is 57.6 Å². The molecule has 0 aromatic heterocycles. The van der Waals surface area contributed by atoms with Crippen molar-refractivity contribution in [1.29, 1.82) is 0 Å². The summed E-state index contributed by atoms with van der Waals surface area (Å²) >= 11 is 0. The molecular formula is C20H30N2O2. The molecule has 0 spiro atoms. The van der Waals surface area contributed by atoms with Gasteiger partial charge >= 0.3 is 0 Å². The number of hydrogen-bond acceptors (Lipinski definition) is 3. The Hall–Kier alpha value is -1.39. The zero-order valence-corrected chi connectivity index (χ0v) is 14.8. The highest BCUT2D eigenvalue weighted by Gasteiger charge is 2.33. The number of benzene rings is 1. The molecule has 0 unspecified atom stereocenters. The molecule has 2 atom stereocenters. The highest BCUT2D eigenvalue weighted by atomic mass is 16.3. The highest BCUT2D eigenvalue weighted by Crippen LogP contribution is 2.25. The van der Waals surface area contributed by atoms with E-state index in [0.29, 0.717) is 12.5 Å². The standard InChI is InChI=1S/C20H30N2O2/c1-2-16-6-8-17(9-7-16)10-11-20(24)22-14-12-21(13-15-22)18-4-3-5-19(18)23/h6-9,18-19,23H,2-5,10-15H2,1H3/t18-,19+/m0/s1. The first-order valence-electron chi connectivity index (χ1n) is 9.45. The number of carbonyl (C=O) groups excluding carboxylic acids is 1. The van der Waals surface area contributed by atoms with Crippen LogP contribution in [-0.4, -0.2) is 59.1 Å². The van der Waals surface area contributed by atoms with E-state index in [1.54, 1.807) is 0 Å². The minimum atomic E-state index is -0.168. The van der Waals surface area contributed by atoms with Crippen molar-refractivity contribution in [2.24, 2.45) is 0 Å². The molecule has 4 nitrogen and oxygen atoms in total. The topological polar surface area (TPSA) is 43.8 Å². The minimum Gasteiger partial charge on any atom is -0.391 e. The predicted octanol–water partition coefficient (Wildman–Crippen LogP) is 2.24. The zero-order valence-electron chi connectivity index (χ0n) is 14.8. The van der Waals surface area contributed by atoms with Crippen molar-refractivity contribution in [3.63, 3.8) is 0 Å². The van der Waals surface area contributed by atoms with Crippen LogP contribution >= 0.6 is 0 Å². The summed E-state index contributed by atoms with van der Waals surface area (Å²) in [4.78, 5) is 16.8. The molecule has 1 heterocycles. The molecule has 1 saturated heterocycles. The molecule has 24 heavy (non-hydrogen) atoms. The van der Waals surface area contributed by atoms with Gasteiger partial charge in [0.05, 0.1) is 6.10 Å². The maximum absolute atomic E-state index is 12.4. The average molecular weight is 330 g/mol. The molecule has 2 fully saturated rings. The Kier molecular flexibility index (Phi) is 5.90. The Morgan fingerprint density at radius 2 is 1.75 bits per heavy atom. The van der Waals surface area contributed by atoms with Gasteiger partial charge in [-0.3, -0.25) is 9.69 Å². The number of hydrogen-bond donors (Lipinski definition) is 1. The lowest BCUT2D eigenvalue weighted by molar-refractivity contribution is -0.133. The summed E-state index contributed by atoms with van der Waals surface area (Å²) in [5.41, 5.74) is 2.59. The lowest BCUT2D eigenvalue weighted by atomic mass is 10.1. The van der Waals surface area contributed by atoms with Gasteiger partial charge in [0, 0.05) is 38.6 Å². The van der Waals surface area contributed by atoms with E-state index in [-0.39, 0.29) is 12.0 Å². The van der Waals surface area contributed by atoms with Crippen LogP contribution in [0.3, 0.4) is 0 Å². The van der Waals surface area contributed by atoms with Gasteiger partial charge in [0.15, 0.2) is 0 Å². The van der Waals surface area contributed by atoms with Gasteiger partial charge in [0.25, 0.3) is 0 Å². The lowest BCUT2D eigenvalue weighted by Crippen LogP contribution is -2.53. The van der Waals surface area contributed by atoms with Crippen LogP contribution in [0.15, 0.2) is 24.3 Å².